The first-order chi connectivity index (χ1) is 13.7. The Labute approximate surface area is 163 Å². The summed E-state index contributed by atoms with van der Waals surface area (Å²) < 4.78 is 15.4. The van der Waals surface area contributed by atoms with Gasteiger partial charge in [0.15, 0.2) is 0 Å². The summed E-state index contributed by atoms with van der Waals surface area (Å²) in [5.41, 5.74) is 4.20. The number of rotatable bonds is 4. The zero-order valence-corrected chi connectivity index (χ0v) is 15.9. The molecule has 0 unspecified atom stereocenters. The Morgan fingerprint density at radius 3 is 2.93 bits per heavy atom. The van der Waals surface area contributed by atoms with Crippen LogP contribution in [0.4, 0.5) is 9.18 Å². The predicted octanol–water partition coefficient (Wildman–Crippen LogP) is 4.19. The van der Waals surface area contributed by atoms with Crippen LogP contribution in [0.25, 0.3) is 16.6 Å². The van der Waals surface area contributed by atoms with Crippen LogP contribution >= 0.6 is 0 Å². The maximum atomic E-state index is 13.3. The molecule has 0 atom stereocenters. The average molecular weight is 378 g/mol. The Bertz CT molecular complexity index is 1040. The number of aromatic nitrogens is 2. The van der Waals surface area contributed by atoms with Gasteiger partial charge >= 0.3 is 6.03 Å². The molecule has 0 aliphatic carbocycles. The Balaban J connectivity index is 1.44. The van der Waals surface area contributed by atoms with Gasteiger partial charge in [-0.2, -0.15) is 0 Å². The molecule has 0 bridgehead atoms. The van der Waals surface area contributed by atoms with E-state index in [1.165, 1.54) is 23.3 Å². The van der Waals surface area contributed by atoms with Crippen molar-refractivity contribution in [1.29, 1.82) is 0 Å². The van der Waals surface area contributed by atoms with Crippen molar-refractivity contribution >= 4 is 22.6 Å². The van der Waals surface area contributed by atoms with Crippen LogP contribution < -0.4 is 5.32 Å². The van der Waals surface area contributed by atoms with Crippen LogP contribution in [0.15, 0.2) is 54.9 Å². The fourth-order valence-electron chi connectivity index (χ4n) is 3.65. The maximum Gasteiger partial charge on any atom is 0.317 e. The molecule has 0 spiro atoms. The molecule has 1 aliphatic heterocycles. The van der Waals surface area contributed by atoms with Crippen LogP contribution in [0.1, 0.15) is 24.5 Å². The summed E-state index contributed by atoms with van der Waals surface area (Å²) in [6, 6.07) is 10.2. The minimum absolute atomic E-state index is 0.128. The number of benzene rings is 1. The first-order valence-electron chi connectivity index (χ1n) is 9.56. The number of fused-ring (bicyclic) bond motifs is 1. The molecule has 1 aliphatic rings. The van der Waals surface area contributed by atoms with Crippen molar-refractivity contribution in [3.63, 3.8) is 0 Å². The number of pyridine rings is 1. The molecule has 0 saturated heterocycles. The van der Waals surface area contributed by atoms with Crippen LogP contribution in [0.2, 0.25) is 0 Å². The fourth-order valence-corrected chi connectivity index (χ4v) is 3.65. The van der Waals surface area contributed by atoms with E-state index in [9.17, 15) is 9.18 Å². The zero-order chi connectivity index (χ0) is 19.5. The van der Waals surface area contributed by atoms with Crippen LogP contribution in [0.5, 0.6) is 0 Å². The van der Waals surface area contributed by atoms with Crippen LogP contribution in [-0.4, -0.2) is 33.6 Å². The van der Waals surface area contributed by atoms with E-state index < -0.39 is 0 Å². The fraction of sp³-hybridized carbons (Fsp3) is 0.273. The first kappa shape index (κ1) is 18.2. The lowest BCUT2D eigenvalue weighted by Crippen LogP contribution is -2.41. The third-order valence-electron chi connectivity index (χ3n) is 5.15. The van der Waals surface area contributed by atoms with Gasteiger partial charge in [0, 0.05) is 49.5 Å². The van der Waals surface area contributed by atoms with E-state index in [1.54, 1.807) is 17.0 Å². The Morgan fingerprint density at radius 1 is 1.29 bits per heavy atom. The minimum atomic E-state index is -0.293. The summed E-state index contributed by atoms with van der Waals surface area (Å²) in [6.45, 7) is 4.51. The van der Waals surface area contributed by atoms with Gasteiger partial charge in [-0.05, 0) is 48.7 Å². The SMILES string of the molecule is CCn1cc(C2=CCN(C(=O)NCc3cccc(F)c3)CC2)c2cccnc21. The maximum absolute atomic E-state index is 13.3. The number of nitrogens with zero attached hydrogens (tertiary/aromatic N) is 3. The molecule has 5 nitrogen and oxygen atoms in total. The molecule has 6 heteroatoms. The Morgan fingerprint density at radius 2 is 2.18 bits per heavy atom. The largest absolute Gasteiger partial charge is 0.334 e. The standard InChI is InChI=1S/C22H23FN4O/c1-2-26-15-20(19-7-4-10-24-21(19)26)17-8-11-27(12-9-17)22(28)25-14-16-5-3-6-18(23)13-16/h3-8,10,13,15H,2,9,11-12,14H2,1H3,(H,25,28). The summed E-state index contributed by atoms with van der Waals surface area (Å²) in [6.07, 6.45) is 6.89. The van der Waals surface area contributed by atoms with Gasteiger partial charge in [0.1, 0.15) is 11.5 Å². The van der Waals surface area contributed by atoms with Crippen LogP contribution in [0, 0.1) is 5.82 Å². The summed E-state index contributed by atoms with van der Waals surface area (Å²) in [4.78, 5) is 18.7. The molecule has 144 valence electrons. The number of carbonyl (C=O) groups excluding carboxylic acids is 1. The van der Waals surface area contributed by atoms with E-state index in [0.717, 1.165) is 29.6 Å². The molecular weight excluding hydrogens is 355 g/mol. The minimum Gasteiger partial charge on any atom is -0.334 e. The van der Waals surface area contributed by atoms with Gasteiger partial charge in [-0.1, -0.05) is 18.2 Å². The molecule has 2 amide bonds. The second-order valence-electron chi connectivity index (χ2n) is 6.92. The highest BCUT2D eigenvalue weighted by Crippen LogP contribution is 2.30. The molecule has 1 aromatic carbocycles. The van der Waals surface area contributed by atoms with Crippen molar-refractivity contribution in [1.82, 2.24) is 19.8 Å². The van der Waals surface area contributed by atoms with E-state index in [0.29, 0.717) is 19.6 Å². The molecule has 4 rings (SSSR count). The van der Waals surface area contributed by atoms with E-state index in [2.05, 4.69) is 40.1 Å². The van der Waals surface area contributed by atoms with E-state index in [-0.39, 0.29) is 11.8 Å². The highest BCUT2D eigenvalue weighted by molar-refractivity contribution is 5.91. The lowest BCUT2D eigenvalue weighted by Gasteiger charge is -2.26. The quantitative estimate of drug-likeness (QED) is 0.740. The number of amides is 2. The number of hydrogen-bond donors (Lipinski definition) is 1. The van der Waals surface area contributed by atoms with Crippen molar-refractivity contribution in [3.8, 4) is 0 Å². The lowest BCUT2D eigenvalue weighted by molar-refractivity contribution is 0.202. The van der Waals surface area contributed by atoms with E-state index >= 15 is 0 Å². The Hall–Kier alpha value is -3.15. The molecule has 3 heterocycles. The van der Waals surface area contributed by atoms with Crippen molar-refractivity contribution in [2.24, 2.45) is 0 Å². The summed E-state index contributed by atoms with van der Waals surface area (Å²) >= 11 is 0. The topological polar surface area (TPSA) is 50.2 Å². The zero-order valence-electron chi connectivity index (χ0n) is 15.9. The number of halogens is 1. The third kappa shape index (κ3) is 3.63. The van der Waals surface area contributed by atoms with Gasteiger partial charge < -0.3 is 14.8 Å². The molecule has 28 heavy (non-hydrogen) atoms. The number of urea groups is 1. The average Bonchev–Trinajstić information content (AvgIpc) is 3.11. The van der Waals surface area contributed by atoms with Gasteiger partial charge in [-0.3, -0.25) is 0 Å². The summed E-state index contributed by atoms with van der Waals surface area (Å²) in [5.74, 6) is -0.293. The molecule has 1 N–H and O–H groups in total. The van der Waals surface area contributed by atoms with E-state index in [1.807, 2.05) is 12.3 Å². The third-order valence-corrected chi connectivity index (χ3v) is 5.15. The van der Waals surface area contributed by atoms with Gasteiger partial charge in [-0.15, -0.1) is 0 Å². The normalized spacial score (nSPS) is 14.2. The smallest absolute Gasteiger partial charge is 0.317 e. The second-order valence-corrected chi connectivity index (χ2v) is 6.92. The highest BCUT2D eigenvalue weighted by atomic mass is 19.1. The van der Waals surface area contributed by atoms with Crippen molar-refractivity contribution in [2.45, 2.75) is 26.4 Å². The summed E-state index contributed by atoms with van der Waals surface area (Å²) in [5, 5.41) is 4.02. The van der Waals surface area contributed by atoms with Gasteiger partial charge in [-0.25, -0.2) is 14.2 Å². The number of nitrogens with one attached hydrogen (secondary N) is 1. The number of aryl methyl sites for hydroxylation is 1. The van der Waals surface area contributed by atoms with Crippen LogP contribution in [0.3, 0.4) is 0 Å². The van der Waals surface area contributed by atoms with Crippen molar-refractivity contribution in [3.05, 3.63) is 71.8 Å². The lowest BCUT2D eigenvalue weighted by atomic mass is 10.00. The van der Waals surface area contributed by atoms with Crippen molar-refractivity contribution in [2.75, 3.05) is 13.1 Å². The molecule has 0 radical (unpaired) electrons. The van der Waals surface area contributed by atoms with Gasteiger partial charge in [0.25, 0.3) is 0 Å². The monoisotopic (exact) mass is 378 g/mol. The van der Waals surface area contributed by atoms with E-state index in [4.69, 9.17) is 0 Å². The molecule has 3 aromatic rings. The van der Waals surface area contributed by atoms with Gasteiger partial charge in [0.2, 0.25) is 0 Å². The molecule has 0 fully saturated rings. The van der Waals surface area contributed by atoms with Gasteiger partial charge in [0.05, 0.1) is 0 Å². The molecule has 0 saturated carbocycles. The molecular formula is C22H23FN4O. The molecule has 2 aromatic heterocycles. The second kappa shape index (κ2) is 7.84. The predicted molar refractivity (Wildman–Crippen MR) is 108 cm³/mol. The number of carbonyl (C=O) groups is 1. The van der Waals surface area contributed by atoms with Crippen LogP contribution in [-0.2, 0) is 13.1 Å². The Kier molecular flexibility index (Phi) is 5.10. The number of hydrogen-bond acceptors (Lipinski definition) is 2. The summed E-state index contributed by atoms with van der Waals surface area (Å²) in [7, 11) is 0. The van der Waals surface area contributed by atoms with Crippen molar-refractivity contribution < 1.29 is 9.18 Å². The highest BCUT2D eigenvalue weighted by Gasteiger charge is 2.20. The first-order valence-corrected chi connectivity index (χ1v) is 9.56.